The third-order valence-corrected chi connectivity index (χ3v) is 9.49. The molecule has 3 unspecified atom stereocenters. The summed E-state index contributed by atoms with van der Waals surface area (Å²) in [7, 11) is -1.96. The lowest BCUT2D eigenvalue weighted by Gasteiger charge is -2.48. The van der Waals surface area contributed by atoms with Crippen LogP contribution in [0.5, 0.6) is 5.75 Å². The molecular weight excluding hydrogens is 695 g/mol. The number of aromatic hydroxyl groups is 1. The molecule has 0 saturated heterocycles. The number of carbonyl (C=O) groups is 1. The summed E-state index contributed by atoms with van der Waals surface area (Å²) in [5.41, 5.74) is -12.8. The minimum Gasteiger partial charge on any atom is -0.508 e. The molecule has 0 aliphatic carbocycles. The highest BCUT2D eigenvalue weighted by molar-refractivity contribution is 7.92. The van der Waals surface area contributed by atoms with Gasteiger partial charge in [-0.25, -0.2) is 39.2 Å². The van der Waals surface area contributed by atoms with Crippen molar-refractivity contribution >= 4 is 16.6 Å². The van der Waals surface area contributed by atoms with Crippen LogP contribution in [-0.2, 0) is 30.5 Å². The first-order valence-electron chi connectivity index (χ1n) is 14.8. The largest absolute Gasteiger partial charge is 0.508 e. The van der Waals surface area contributed by atoms with E-state index >= 15 is 0 Å². The molecule has 0 saturated carbocycles. The molecule has 0 aromatic heterocycles. The molecule has 0 radical (unpaired) electrons. The van der Waals surface area contributed by atoms with Gasteiger partial charge in [0.25, 0.3) is 11.8 Å². The van der Waals surface area contributed by atoms with Gasteiger partial charge >= 0.3 is 5.92 Å². The molecule has 49 heavy (non-hydrogen) atoms. The molecule has 284 valence electrons. The van der Waals surface area contributed by atoms with Crippen LogP contribution >= 0.6 is 0 Å². The first-order chi connectivity index (χ1) is 22.1. The highest BCUT2D eigenvalue weighted by Gasteiger charge is 2.81. The standard InChI is InChI=1S/C19H23F9.C11H16O5S.C2H6.CH2O/c1-11-9-13(20)8-7-12(11)10-17(23,24)15(5,21)19(27,28)16(6,22)18(25,26)14(2,3)4;1-9(7-16-8-15-2)17(13,14)11-5-3-10(12)4-6-11;2*1-2/h7-9H,10H2,1-6H3;3-6,9,12H,7-8H2,1-2H3;1-2H3;1H2. The summed E-state index contributed by atoms with van der Waals surface area (Å²) in [6.45, 7) is 10.5. The van der Waals surface area contributed by atoms with E-state index in [2.05, 4.69) is 4.74 Å². The molecular formula is C33H47F9O6S. The maximum Gasteiger partial charge on any atom is 0.326 e. The minimum atomic E-state index is -5.77. The van der Waals surface area contributed by atoms with E-state index in [0.29, 0.717) is 0 Å². The van der Waals surface area contributed by atoms with Gasteiger partial charge in [-0.1, -0.05) is 40.7 Å². The normalized spacial score (nSPS) is 15.5. The van der Waals surface area contributed by atoms with Gasteiger partial charge in [-0.2, -0.15) is 8.78 Å². The molecule has 0 aliphatic heterocycles. The van der Waals surface area contributed by atoms with Crippen LogP contribution in [-0.4, -0.2) is 75.2 Å². The number of carbonyl (C=O) groups excluding carboxylic acids is 1. The van der Waals surface area contributed by atoms with Gasteiger partial charge in [0.15, 0.2) is 9.84 Å². The van der Waals surface area contributed by atoms with Gasteiger partial charge in [0.1, 0.15) is 25.1 Å². The first-order valence-corrected chi connectivity index (χ1v) is 16.3. The smallest absolute Gasteiger partial charge is 0.326 e. The lowest BCUT2D eigenvalue weighted by molar-refractivity contribution is -0.338. The van der Waals surface area contributed by atoms with E-state index in [1.165, 1.54) is 38.3 Å². The van der Waals surface area contributed by atoms with Crippen molar-refractivity contribution in [3.8, 4) is 5.75 Å². The number of halogens is 9. The lowest BCUT2D eigenvalue weighted by Crippen LogP contribution is -2.70. The summed E-state index contributed by atoms with van der Waals surface area (Å²) < 4.78 is 163. The van der Waals surface area contributed by atoms with Gasteiger partial charge in [-0.3, -0.25) is 0 Å². The second-order valence-corrected chi connectivity index (χ2v) is 14.3. The molecule has 16 heteroatoms. The number of hydrogen-bond acceptors (Lipinski definition) is 6. The monoisotopic (exact) mass is 742 g/mol. The van der Waals surface area contributed by atoms with Gasteiger partial charge in [-0.05, 0) is 75.2 Å². The molecule has 1 N–H and O–H groups in total. The Morgan fingerprint density at radius 2 is 1.29 bits per heavy atom. The van der Waals surface area contributed by atoms with Gasteiger partial charge in [0.05, 0.1) is 16.8 Å². The molecule has 6 nitrogen and oxygen atoms in total. The number of phenols is 1. The maximum absolute atomic E-state index is 14.8. The number of rotatable bonds is 12. The number of hydrogen-bond donors (Lipinski definition) is 1. The summed E-state index contributed by atoms with van der Waals surface area (Å²) >= 11 is 0. The van der Waals surface area contributed by atoms with E-state index in [1.54, 1.807) is 6.92 Å². The molecule has 0 spiro atoms. The molecule has 2 aromatic rings. The number of alkyl halides is 8. The van der Waals surface area contributed by atoms with Gasteiger partial charge in [0, 0.05) is 18.9 Å². The topological polar surface area (TPSA) is 89.9 Å². The number of phenolic OH excluding ortho intramolecular Hbond substituents is 1. The average Bonchev–Trinajstić information content (AvgIpc) is 3.00. The quantitative estimate of drug-likeness (QED) is 0.133. The van der Waals surface area contributed by atoms with Crippen LogP contribution in [0.2, 0.25) is 0 Å². The summed E-state index contributed by atoms with van der Waals surface area (Å²) in [6, 6.07) is 7.86. The van der Waals surface area contributed by atoms with E-state index in [-0.39, 0.29) is 49.0 Å². The minimum absolute atomic E-state index is 0.0345. The molecule has 0 bridgehead atoms. The molecule has 3 atom stereocenters. The Balaban J connectivity index is 0. The zero-order valence-corrected chi connectivity index (χ0v) is 30.1. The predicted molar refractivity (Wildman–Crippen MR) is 169 cm³/mol. The van der Waals surface area contributed by atoms with Crippen LogP contribution in [0.15, 0.2) is 47.4 Å². The van der Waals surface area contributed by atoms with Crippen molar-refractivity contribution in [1.29, 1.82) is 0 Å². The molecule has 2 rings (SSSR count). The third kappa shape index (κ3) is 11.1. The van der Waals surface area contributed by atoms with Gasteiger partial charge in [-0.15, -0.1) is 0 Å². The third-order valence-electron chi connectivity index (χ3n) is 7.36. The fourth-order valence-electron chi connectivity index (χ4n) is 4.09. The zero-order valence-electron chi connectivity index (χ0n) is 29.2. The van der Waals surface area contributed by atoms with Gasteiger partial charge in [0.2, 0.25) is 11.3 Å². The van der Waals surface area contributed by atoms with Crippen molar-refractivity contribution in [2.75, 3.05) is 20.5 Å². The summed E-state index contributed by atoms with van der Waals surface area (Å²) in [4.78, 5) is 8.17. The number of methoxy groups -OCH3 is 1. The maximum atomic E-state index is 14.8. The van der Waals surface area contributed by atoms with Crippen molar-refractivity contribution in [1.82, 2.24) is 0 Å². The summed E-state index contributed by atoms with van der Waals surface area (Å²) in [6.07, 6.45) is -1.65. The van der Waals surface area contributed by atoms with Crippen LogP contribution in [0.4, 0.5) is 39.5 Å². The zero-order chi connectivity index (χ0) is 39.4. The number of aryl methyl sites for hydroxylation is 1. The number of ether oxygens (including phenoxy) is 2. The fraction of sp³-hybridized carbons (Fsp3) is 0.606. The van der Waals surface area contributed by atoms with Crippen LogP contribution in [0, 0.1) is 18.2 Å². The van der Waals surface area contributed by atoms with Crippen LogP contribution in [0.1, 0.15) is 66.5 Å². The number of sulfone groups is 1. The molecule has 0 heterocycles. The van der Waals surface area contributed by atoms with E-state index < -0.39 is 61.8 Å². The van der Waals surface area contributed by atoms with E-state index in [0.717, 1.165) is 39.0 Å². The van der Waals surface area contributed by atoms with Crippen LogP contribution < -0.4 is 0 Å². The molecule has 0 aliphatic rings. The molecule has 2 aromatic carbocycles. The second-order valence-electron chi connectivity index (χ2n) is 12.0. The van der Waals surface area contributed by atoms with Crippen LogP contribution in [0.3, 0.4) is 0 Å². The lowest BCUT2D eigenvalue weighted by atomic mass is 9.71. The Morgan fingerprint density at radius 1 is 0.816 bits per heavy atom. The Labute approximate surface area is 282 Å². The van der Waals surface area contributed by atoms with Crippen LogP contribution in [0.25, 0.3) is 0 Å². The Hall–Kier alpha value is -2.85. The molecule has 0 amide bonds. The van der Waals surface area contributed by atoms with Crippen molar-refractivity contribution in [3.63, 3.8) is 0 Å². The predicted octanol–water partition coefficient (Wildman–Crippen LogP) is 9.10. The van der Waals surface area contributed by atoms with Crippen molar-refractivity contribution in [3.05, 3.63) is 59.4 Å². The van der Waals surface area contributed by atoms with E-state index in [9.17, 15) is 47.9 Å². The van der Waals surface area contributed by atoms with Crippen molar-refractivity contribution < 1.29 is 67.3 Å². The van der Waals surface area contributed by atoms with Crippen molar-refractivity contribution in [2.24, 2.45) is 5.41 Å². The Morgan fingerprint density at radius 3 is 1.69 bits per heavy atom. The summed E-state index contributed by atoms with van der Waals surface area (Å²) in [5.74, 6) is -16.3. The van der Waals surface area contributed by atoms with Gasteiger partial charge < -0.3 is 19.4 Å². The molecule has 0 fully saturated rings. The second kappa shape index (κ2) is 18.4. The summed E-state index contributed by atoms with van der Waals surface area (Å²) in [5, 5.41) is 8.43. The number of benzene rings is 2. The highest BCUT2D eigenvalue weighted by Crippen LogP contribution is 2.59. The fourth-order valence-corrected chi connectivity index (χ4v) is 5.35. The first kappa shape index (κ1) is 48.3. The van der Waals surface area contributed by atoms with E-state index in [4.69, 9.17) is 14.6 Å². The van der Waals surface area contributed by atoms with E-state index in [1.807, 2.05) is 20.6 Å². The van der Waals surface area contributed by atoms with Crippen molar-refractivity contribution in [2.45, 2.75) is 108 Å². The SMILES string of the molecule is C=O.CC.COCOCC(C)S(=O)(=O)c1ccc(O)cc1.Cc1cc(F)ccc1CC(F)(F)C(C)(F)C(F)(F)C(C)(F)C(F)(F)C(C)(C)C. The highest BCUT2D eigenvalue weighted by atomic mass is 32.2. The average molecular weight is 743 g/mol. The Kier molecular flexibility index (Phi) is 18.1. The Bertz CT molecular complexity index is 1390.